The lowest BCUT2D eigenvalue weighted by Gasteiger charge is -2.14. The molecule has 1 aliphatic carbocycles. The highest BCUT2D eigenvalue weighted by atomic mass is 79.9. The van der Waals surface area contributed by atoms with E-state index < -0.39 is 6.04 Å². The van der Waals surface area contributed by atoms with Crippen LogP contribution in [-0.2, 0) is 4.79 Å². The molecule has 0 bridgehead atoms. The number of amides is 2. The first-order valence-electron chi connectivity index (χ1n) is 6.14. The maximum atomic E-state index is 12.1. The van der Waals surface area contributed by atoms with Crippen molar-refractivity contribution in [3.63, 3.8) is 0 Å². The molecule has 2 amide bonds. The number of carbonyl (C=O) groups is 2. The topological polar surface area (TPSA) is 84.2 Å². The van der Waals surface area contributed by atoms with Crippen LogP contribution < -0.4 is 16.4 Å². The summed E-state index contributed by atoms with van der Waals surface area (Å²) in [6.07, 6.45) is 2.04. The van der Waals surface area contributed by atoms with E-state index in [-0.39, 0.29) is 17.9 Å². The van der Waals surface area contributed by atoms with Crippen molar-refractivity contribution in [1.82, 2.24) is 10.6 Å². The fourth-order valence-corrected chi connectivity index (χ4v) is 2.06. The van der Waals surface area contributed by atoms with Crippen LogP contribution in [0.5, 0.6) is 0 Å². The molecule has 102 valence electrons. The molecule has 2 rings (SSSR count). The third-order valence-corrected chi connectivity index (χ3v) is 3.82. The maximum absolute atomic E-state index is 12.1. The summed E-state index contributed by atoms with van der Waals surface area (Å²) in [5.41, 5.74) is 6.63. The monoisotopic (exact) mass is 325 g/mol. The summed E-state index contributed by atoms with van der Waals surface area (Å²) < 4.78 is 0.544. The van der Waals surface area contributed by atoms with Crippen molar-refractivity contribution in [3.05, 3.63) is 28.2 Å². The van der Waals surface area contributed by atoms with E-state index in [9.17, 15) is 9.59 Å². The van der Waals surface area contributed by atoms with E-state index in [1.807, 2.05) is 0 Å². The number of anilines is 1. The fraction of sp³-hybridized carbons (Fsp3) is 0.385. The van der Waals surface area contributed by atoms with Crippen LogP contribution in [0, 0.1) is 0 Å². The van der Waals surface area contributed by atoms with Crippen LogP contribution in [0.3, 0.4) is 0 Å². The number of halogens is 1. The second kappa shape index (κ2) is 5.61. The minimum atomic E-state index is -0.568. The van der Waals surface area contributed by atoms with Crippen LogP contribution >= 0.6 is 15.9 Å². The maximum Gasteiger partial charge on any atom is 0.253 e. The van der Waals surface area contributed by atoms with E-state index in [0.717, 1.165) is 12.8 Å². The smallest absolute Gasteiger partial charge is 0.253 e. The Kier molecular flexibility index (Phi) is 4.09. The predicted octanol–water partition coefficient (Wildman–Crippen LogP) is 1.43. The Morgan fingerprint density at radius 1 is 1.42 bits per heavy atom. The minimum absolute atomic E-state index is 0.157. The molecule has 5 nitrogen and oxygen atoms in total. The number of carbonyl (C=O) groups excluding carboxylic acids is 2. The standard InChI is InChI=1S/C13H16BrN3O2/c1-7(12(18)17-8-5-6-8)16-13(19)9-3-2-4-10(15)11(9)14/h2-4,7-8H,5-6,15H2,1H3,(H,16,19)(H,17,18). The van der Waals surface area contributed by atoms with Gasteiger partial charge in [0.05, 0.1) is 10.0 Å². The molecule has 1 fully saturated rings. The van der Waals surface area contributed by atoms with Crippen molar-refractivity contribution >= 4 is 33.4 Å². The van der Waals surface area contributed by atoms with Gasteiger partial charge < -0.3 is 16.4 Å². The van der Waals surface area contributed by atoms with E-state index in [1.54, 1.807) is 25.1 Å². The van der Waals surface area contributed by atoms with Crippen molar-refractivity contribution in [2.45, 2.75) is 31.8 Å². The second-order valence-corrected chi connectivity index (χ2v) is 5.48. The molecule has 1 aromatic rings. The largest absolute Gasteiger partial charge is 0.398 e. The van der Waals surface area contributed by atoms with Crippen LogP contribution in [0.4, 0.5) is 5.69 Å². The van der Waals surface area contributed by atoms with Crippen molar-refractivity contribution in [2.24, 2.45) is 0 Å². The second-order valence-electron chi connectivity index (χ2n) is 4.69. The van der Waals surface area contributed by atoms with Gasteiger partial charge in [-0.15, -0.1) is 0 Å². The van der Waals surface area contributed by atoms with E-state index >= 15 is 0 Å². The average molecular weight is 326 g/mol. The first-order valence-corrected chi connectivity index (χ1v) is 6.93. The molecule has 1 atom stereocenters. The van der Waals surface area contributed by atoms with E-state index in [1.165, 1.54) is 0 Å². The van der Waals surface area contributed by atoms with Gasteiger partial charge in [0.1, 0.15) is 6.04 Å². The van der Waals surface area contributed by atoms with Gasteiger partial charge in [0.2, 0.25) is 5.91 Å². The predicted molar refractivity (Wildman–Crippen MR) is 76.6 cm³/mol. The highest BCUT2D eigenvalue weighted by molar-refractivity contribution is 9.10. The molecule has 0 saturated heterocycles. The summed E-state index contributed by atoms with van der Waals surface area (Å²) in [6.45, 7) is 1.66. The molecule has 0 heterocycles. The van der Waals surface area contributed by atoms with Crippen molar-refractivity contribution in [2.75, 3.05) is 5.73 Å². The quantitative estimate of drug-likeness (QED) is 0.732. The molecule has 1 saturated carbocycles. The van der Waals surface area contributed by atoms with Crippen LogP contribution in [0.25, 0.3) is 0 Å². The number of nitrogen functional groups attached to an aromatic ring is 1. The van der Waals surface area contributed by atoms with Crippen molar-refractivity contribution in [1.29, 1.82) is 0 Å². The van der Waals surface area contributed by atoms with Crippen LogP contribution in [0.15, 0.2) is 22.7 Å². The molecule has 1 unspecified atom stereocenters. The number of benzene rings is 1. The van der Waals surface area contributed by atoms with Gasteiger partial charge in [0.15, 0.2) is 0 Å². The highest BCUT2D eigenvalue weighted by Gasteiger charge is 2.26. The third kappa shape index (κ3) is 3.47. The highest BCUT2D eigenvalue weighted by Crippen LogP contribution is 2.23. The summed E-state index contributed by atoms with van der Waals surface area (Å²) in [6, 6.07) is 4.77. The lowest BCUT2D eigenvalue weighted by Crippen LogP contribution is -2.45. The molecule has 0 aliphatic heterocycles. The fourth-order valence-electron chi connectivity index (χ4n) is 1.62. The van der Waals surface area contributed by atoms with Gasteiger partial charge in [-0.05, 0) is 47.8 Å². The van der Waals surface area contributed by atoms with Gasteiger partial charge in [-0.1, -0.05) is 6.07 Å². The molecule has 0 spiro atoms. The average Bonchev–Trinajstić information content (AvgIpc) is 3.16. The molecule has 6 heteroatoms. The molecule has 1 aliphatic rings. The van der Waals surface area contributed by atoms with Crippen LogP contribution in [0.1, 0.15) is 30.1 Å². The zero-order valence-electron chi connectivity index (χ0n) is 10.6. The zero-order chi connectivity index (χ0) is 14.0. The van der Waals surface area contributed by atoms with Gasteiger partial charge in [0.25, 0.3) is 5.91 Å². The summed E-state index contributed by atoms with van der Waals surface area (Å²) in [7, 11) is 0. The Balaban J connectivity index is 1.99. The first-order chi connectivity index (χ1) is 8.99. The number of rotatable bonds is 4. The number of nitrogens with two attached hydrogens (primary N) is 1. The van der Waals surface area contributed by atoms with Crippen molar-refractivity contribution < 1.29 is 9.59 Å². The lowest BCUT2D eigenvalue weighted by atomic mass is 10.1. The molecule has 19 heavy (non-hydrogen) atoms. The van der Waals surface area contributed by atoms with E-state index in [2.05, 4.69) is 26.6 Å². The molecule has 0 radical (unpaired) electrons. The van der Waals surface area contributed by atoms with Gasteiger partial charge >= 0.3 is 0 Å². The summed E-state index contributed by atoms with van der Waals surface area (Å²) in [5.74, 6) is -0.478. The molecular weight excluding hydrogens is 310 g/mol. The summed E-state index contributed by atoms with van der Waals surface area (Å²) >= 11 is 3.27. The normalized spacial score (nSPS) is 15.7. The number of nitrogens with one attached hydrogen (secondary N) is 2. The Bertz CT molecular complexity index is 515. The summed E-state index contributed by atoms with van der Waals surface area (Å²) in [5, 5.41) is 5.51. The van der Waals surface area contributed by atoms with Crippen molar-refractivity contribution in [3.8, 4) is 0 Å². The number of hydrogen-bond acceptors (Lipinski definition) is 3. The first kappa shape index (κ1) is 13.9. The molecule has 0 aromatic heterocycles. The third-order valence-electron chi connectivity index (χ3n) is 2.94. The Morgan fingerprint density at radius 2 is 2.11 bits per heavy atom. The van der Waals surface area contributed by atoms with Crippen LogP contribution in [0.2, 0.25) is 0 Å². The summed E-state index contributed by atoms with van der Waals surface area (Å²) in [4.78, 5) is 23.8. The van der Waals surface area contributed by atoms with Gasteiger partial charge in [-0.3, -0.25) is 9.59 Å². The van der Waals surface area contributed by atoms with Gasteiger partial charge in [0, 0.05) is 11.7 Å². The van der Waals surface area contributed by atoms with E-state index in [4.69, 9.17) is 5.73 Å². The molecule has 4 N–H and O–H groups in total. The van der Waals surface area contributed by atoms with E-state index in [0.29, 0.717) is 15.7 Å². The SMILES string of the molecule is CC(NC(=O)c1cccc(N)c1Br)C(=O)NC1CC1. The van der Waals surface area contributed by atoms with Crippen LogP contribution in [-0.4, -0.2) is 23.9 Å². The Morgan fingerprint density at radius 3 is 2.74 bits per heavy atom. The minimum Gasteiger partial charge on any atom is -0.398 e. The molecular formula is C13H16BrN3O2. The van der Waals surface area contributed by atoms with Gasteiger partial charge in [-0.25, -0.2) is 0 Å². The molecule has 1 aromatic carbocycles. The Hall–Kier alpha value is -1.56. The number of hydrogen-bond donors (Lipinski definition) is 3. The lowest BCUT2D eigenvalue weighted by molar-refractivity contribution is -0.122. The zero-order valence-corrected chi connectivity index (χ0v) is 12.2. The van der Waals surface area contributed by atoms with Gasteiger partial charge in [-0.2, -0.15) is 0 Å². The Labute approximate surface area is 120 Å².